The van der Waals surface area contributed by atoms with Crippen LogP contribution in [0.2, 0.25) is 0 Å². The first-order chi connectivity index (χ1) is 11.1. The lowest BCUT2D eigenvalue weighted by molar-refractivity contribution is -0.136. The van der Waals surface area contributed by atoms with E-state index in [1.165, 1.54) is 25.1 Å². The Hall–Kier alpha value is -1.63. The summed E-state index contributed by atoms with van der Waals surface area (Å²) >= 11 is 0. The Kier molecular flexibility index (Phi) is 9.58. The van der Waals surface area contributed by atoms with Crippen LogP contribution in [0.5, 0.6) is 0 Å². The van der Waals surface area contributed by atoms with E-state index in [2.05, 4.69) is 10.1 Å². The number of amides is 1. The molecule has 1 N–H and O–H groups in total. The molecule has 0 saturated carbocycles. The van der Waals surface area contributed by atoms with E-state index in [9.17, 15) is 14.2 Å². The number of allylic oxidation sites excluding steroid dienone is 2. The smallest absolute Gasteiger partial charge is 0.412 e. The summed E-state index contributed by atoms with van der Waals surface area (Å²) < 4.78 is 32.0. The number of carbonyl (C=O) groups is 2. The van der Waals surface area contributed by atoms with Crippen LogP contribution in [-0.2, 0) is 27.9 Å². The summed E-state index contributed by atoms with van der Waals surface area (Å²) in [4.78, 5) is 23.4. The van der Waals surface area contributed by atoms with Gasteiger partial charge in [-0.3, -0.25) is 9.88 Å². The first-order valence-corrected chi connectivity index (χ1v) is 9.04. The predicted octanol–water partition coefficient (Wildman–Crippen LogP) is 3.35. The van der Waals surface area contributed by atoms with Crippen molar-refractivity contribution in [2.45, 2.75) is 40.2 Å². The average molecular weight is 363 g/mol. The molecule has 0 aromatic rings. The maximum absolute atomic E-state index is 12.3. The molecule has 9 heteroatoms. The first-order valence-electron chi connectivity index (χ1n) is 7.43. The molecule has 0 bridgehead atoms. The van der Waals surface area contributed by atoms with Crippen molar-refractivity contribution in [2.75, 3.05) is 20.3 Å². The zero-order chi connectivity index (χ0) is 18.8. The van der Waals surface area contributed by atoms with Crippen molar-refractivity contribution in [3.05, 3.63) is 23.7 Å². The number of hydrogen-bond donors (Lipinski definition) is 1. The molecule has 0 rings (SSSR count). The number of hydrogen-bond acceptors (Lipinski definition) is 7. The maximum atomic E-state index is 12.3. The minimum Gasteiger partial charge on any atom is -0.464 e. The van der Waals surface area contributed by atoms with Crippen LogP contribution in [-0.4, -0.2) is 38.0 Å². The van der Waals surface area contributed by atoms with Gasteiger partial charge in [0.2, 0.25) is 0 Å². The van der Waals surface area contributed by atoms with Crippen LogP contribution in [0.25, 0.3) is 0 Å². The lowest BCUT2D eigenvalue weighted by Gasteiger charge is -2.19. The van der Waals surface area contributed by atoms with Gasteiger partial charge in [-0.05, 0) is 40.7 Å². The first kappa shape index (κ1) is 22.4. The van der Waals surface area contributed by atoms with Gasteiger partial charge in [-0.25, -0.2) is 9.59 Å². The van der Waals surface area contributed by atoms with Crippen molar-refractivity contribution in [2.24, 2.45) is 0 Å². The monoisotopic (exact) mass is 363 g/mol. The van der Waals surface area contributed by atoms with Crippen LogP contribution in [0.1, 0.15) is 34.6 Å². The van der Waals surface area contributed by atoms with E-state index in [1.54, 1.807) is 34.6 Å². The molecule has 0 saturated heterocycles. The topological polar surface area (TPSA) is 100 Å². The molecule has 0 aliphatic heterocycles. The van der Waals surface area contributed by atoms with Gasteiger partial charge in [-0.1, -0.05) is 6.08 Å². The lowest BCUT2D eigenvalue weighted by Crippen LogP contribution is -2.34. The minimum atomic E-state index is -3.40. The normalized spacial score (nSPS) is 13.0. The number of nitrogens with one attached hydrogen (secondary N) is 1. The number of carbonyl (C=O) groups excluding carboxylic acids is 2. The van der Waals surface area contributed by atoms with Crippen molar-refractivity contribution >= 4 is 19.7 Å². The highest BCUT2D eigenvalue weighted by molar-refractivity contribution is 7.57. The Labute approximate surface area is 142 Å². The standard InChI is InChI=1S/C15H26NO7P/c1-7-21-24(19,22-8-2)11-9-10-12(13(17)20-6)16-14(18)23-15(3,4)5/h9-11H,7-8H2,1-6H3,(H,16,18)/b11-9+,12-10-. The molecule has 0 atom stereocenters. The molecule has 0 spiro atoms. The molecule has 0 radical (unpaired) electrons. The van der Waals surface area contributed by atoms with Crippen LogP contribution >= 0.6 is 7.60 Å². The summed E-state index contributed by atoms with van der Waals surface area (Å²) in [7, 11) is -2.23. The van der Waals surface area contributed by atoms with Crippen LogP contribution in [0.15, 0.2) is 23.7 Å². The number of rotatable bonds is 8. The van der Waals surface area contributed by atoms with E-state index in [1.807, 2.05) is 0 Å². The van der Waals surface area contributed by atoms with E-state index >= 15 is 0 Å². The third kappa shape index (κ3) is 9.50. The fourth-order valence-electron chi connectivity index (χ4n) is 1.41. The SMILES string of the molecule is CCOP(=O)(/C=C/C=C(\NC(=O)OC(C)(C)C)C(=O)OC)OCC. The minimum absolute atomic E-state index is 0.178. The molecular weight excluding hydrogens is 337 g/mol. The summed E-state index contributed by atoms with van der Waals surface area (Å²) in [6.07, 6.45) is 1.70. The van der Waals surface area contributed by atoms with Gasteiger partial charge in [0.1, 0.15) is 11.3 Å². The Morgan fingerprint density at radius 2 is 1.67 bits per heavy atom. The second-order valence-corrected chi connectivity index (χ2v) is 7.31. The Morgan fingerprint density at radius 1 is 1.12 bits per heavy atom. The van der Waals surface area contributed by atoms with Crippen LogP contribution < -0.4 is 5.32 Å². The lowest BCUT2D eigenvalue weighted by atomic mass is 10.2. The second kappa shape index (κ2) is 10.3. The van der Waals surface area contributed by atoms with E-state index in [0.717, 1.165) is 0 Å². The van der Waals surface area contributed by atoms with E-state index in [4.69, 9.17) is 13.8 Å². The Bertz CT molecular complexity index is 524. The number of alkyl carbamates (subject to hydrolysis) is 1. The van der Waals surface area contributed by atoms with Gasteiger partial charge >= 0.3 is 19.7 Å². The molecule has 0 aromatic carbocycles. The zero-order valence-corrected chi connectivity index (χ0v) is 15.8. The van der Waals surface area contributed by atoms with Gasteiger partial charge in [0, 0.05) is 5.82 Å². The van der Waals surface area contributed by atoms with Gasteiger partial charge in [0.05, 0.1) is 20.3 Å². The highest BCUT2D eigenvalue weighted by Gasteiger charge is 2.21. The van der Waals surface area contributed by atoms with Gasteiger partial charge in [-0.15, -0.1) is 0 Å². The molecule has 138 valence electrons. The van der Waals surface area contributed by atoms with Crippen molar-refractivity contribution in [1.29, 1.82) is 0 Å². The molecule has 0 fully saturated rings. The number of methoxy groups -OCH3 is 1. The maximum Gasteiger partial charge on any atom is 0.412 e. The zero-order valence-electron chi connectivity index (χ0n) is 15.0. The van der Waals surface area contributed by atoms with Crippen molar-refractivity contribution in [3.8, 4) is 0 Å². The second-order valence-electron chi connectivity index (χ2n) is 5.42. The van der Waals surface area contributed by atoms with Crippen LogP contribution in [0, 0.1) is 0 Å². The summed E-state index contributed by atoms with van der Waals surface area (Å²) in [5, 5.41) is 2.28. The van der Waals surface area contributed by atoms with Crippen LogP contribution in [0.3, 0.4) is 0 Å². The average Bonchev–Trinajstić information content (AvgIpc) is 2.43. The van der Waals surface area contributed by atoms with Crippen molar-refractivity contribution in [1.82, 2.24) is 5.32 Å². The largest absolute Gasteiger partial charge is 0.464 e. The number of esters is 1. The third-order valence-corrected chi connectivity index (χ3v) is 3.96. The molecule has 1 amide bonds. The molecule has 0 aliphatic carbocycles. The Balaban J connectivity index is 5.21. The number of ether oxygens (including phenoxy) is 2. The molecule has 0 aromatic heterocycles. The van der Waals surface area contributed by atoms with E-state index < -0.39 is 25.3 Å². The van der Waals surface area contributed by atoms with Crippen molar-refractivity contribution in [3.63, 3.8) is 0 Å². The van der Waals surface area contributed by atoms with Gasteiger partial charge in [0.25, 0.3) is 0 Å². The highest BCUT2D eigenvalue weighted by atomic mass is 31.2. The highest BCUT2D eigenvalue weighted by Crippen LogP contribution is 2.49. The van der Waals surface area contributed by atoms with E-state index in [-0.39, 0.29) is 18.9 Å². The molecule has 0 unspecified atom stereocenters. The van der Waals surface area contributed by atoms with Gasteiger partial charge < -0.3 is 18.5 Å². The predicted molar refractivity (Wildman–Crippen MR) is 89.5 cm³/mol. The molecule has 24 heavy (non-hydrogen) atoms. The summed E-state index contributed by atoms with van der Waals surface area (Å²) in [6.45, 7) is 8.83. The van der Waals surface area contributed by atoms with Gasteiger partial charge in [0.15, 0.2) is 0 Å². The third-order valence-electron chi connectivity index (χ3n) is 2.19. The summed E-state index contributed by atoms with van der Waals surface area (Å²) in [5.74, 6) is 0.410. The summed E-state index contributed by atoms with van der Waals surface area (Å²) in [6, 6.07) is 0. The summed E-state index contributed by atoms with van der Waals surface area (Å²) in [5.41, 5.74) is -0.900. The quantitative estimate of drug-likeness (QED) is 0.305. The molecular formula is C15H26NO7P. The fourth-order valence-corrected chi connectivity index (χ4v) is 2.68. The fraction of sp³-hybridized carbons (Fsp3) is 0.600. The van der Waals surface area contributed by atoms with Gasteiger partial charge in [-0.2, -0.15) is 0 Å². The van der Waals surface area contributed by atoms with Crippen molar-refractivity contribution < 1.29 is 32.7 Å². The van der Waals surface area contributed by atoms with Crippen LogP contribution in [0.4, 0.5) is 4.79 Å². The molecule has 0 heterocycles. The van der Waals surface area contributed by atoms with E-state index in [0.29, 0.717) is 0 Å². The molecule has 8 nitrogen and oxygen atoms in total. The molecule has 0 aliphatic rings. The Morgan fingerprint density at radius 3 is 2.08 bits per heavy atom.